The van der Waals surface area contributed by atoms with Gasteiger partial charge in [0.2, 0.25) is 0 Å². The highest BCUT2D eigenvalue weighted by molar-refractivity contribution is 5.50. The summed E-state index contributed by atoms with van der Waals surface area (Å²) in [7, 11) is 0. The van der Waals surface area contributed by atoms with E-state index in [0.717, 1.165) is 6.54 Å². The average molecular weight is 243 g/mol. The SMILES string of the molecule is CC1(C)CCC2(c3ccccc31)C(CN)C2(C)C. The average Bonchev–Trinajstić information content (AvgIpc) is 2.81. The highest BCUT2D eigenvalue weighted by atomic mass is 14.8. The summed E-state index contributed by atoms with van der Waals surface area (Å²) in [6.07, 6.45) is 2.58. The number of hydrogen-bond acceptors (Lipinski definition) is 1. The van der Waals surface area contributed by atoms with Crippen LogP contribution in [0.15, 0.2) is 24.3 Å². The minimum atomic E-state index is 0.319. The lowest BCUT2D eigenvalue weighted by Crippen LogP contribution is -2.33. The highest BCUT2D eigenvalue weighted by Crippen LogP contribution is 2.74. The molecular weight excluding hydrogens is 218 g/mol. The first-order valence-electron chi connectivity index (χ1n) is 7.18. The lowest BCUT2D eigenvalue weighted by molar-refractivity contribution is 0.340. The predicted octanol–water partition coefficient (Wildman–Crippen LogP) is 3.61. The van der Waals surface area contributed by atoms with E-state index >= 15 is 0 Å². The van der Waals surface area contributed by atoms with E-state index in [-0.39, 0.29) is 0 Å². The van der Waals surface area contributed by atoms with Gasteiger partial charge in [-0.1, -0.05) is 52.0 Å². The van der Waals surface area contributed by atoms with Gasteiger partial charge in [-0.15, -0.1) is 0 Å². The topological polar surface area (TPSA) is 26.0 Å². The van der Waals surface area contributed by atoms with E-state index in [4.69, 9.17) is 5.73 Å². The van der Waals surface area contributed by atoms with Crippen molar-refractivity contribution in [3.8, 4) is 0 Å². The van der Waals surface area contributed by atoms with Crippen LogP contribution in [-0.2, 0) is 10.8 Å². The van der Waals surface area contributed by atoms with Crippen molar-refractivity contribution in [2.75, 3.05) is 6.54 Å². The molecular formula is C17H25N. The molecule has 2 aliphatic rings. The van der Waals surface area contributed by atoms with E-state index in [9.17, 15) is 0 Å². The molecule has 1 aromatic carbocycles. The van der Waals surface area contributed by atoms with Gasteiger partial charge in [-0.25, -0.2) is 0 Å². The number of benzene rings is 1. The second-order valence-corrected chi connectivity index (χ2v) is 7.41. The molecule has 0 aromatic heterocycles. The molecule has 1 spiro atoms. The van der Waals surface area contributed by atoms with Crippen LogP contribution in [0.4, 0.5) is 0 Å². The van der Waals surface area contributed by atoms with Gasteiger partial charge in [0.15, 0.2) is 0 Å². The van der Waals surface area contributed by atoms with Crippen LogP contribution in [0, 0.1) is 11.3 Å². The van der Waals surface area contributed by atoms with Crippen LogP contribution in [0.1, 0.15) is 51.7 Å². The van der Waals surface area contributed by atoms with Crippen molar-refractivity contribution in [1.29, 1.82) is 0 Å². The first-order chi connectivity index (χ1) is 8.38. The smallest absolute Gasteiger partial charge is 0.00564 e. The molecule has 1 fully saturated rings. The first-order valence-corrected chi connectivity index (χ1v) is 7.18. The Labute approximate surface area is 111 Å². The second kappa shape index (κ2) is 3.39. The summed E-state index contributed by atoms with van der Waals surface area (Å²) in [5.74, 6) is 0.655. The maximum Gasteiger partial charge on any atom is 0.00564 e. The van der Waals surface area contributed by atoms with Crippen LogP contribution in [0.25, 0.3) is 0 Å². The Morgan fingerprint density at radius 3 is 2.22 bits per heavy atom. The Balaban J connectivity index is 2.18. The van der Waals surface area contributed by atoms with Crippen LogP contribution < -0.4 is 5.73 Å². The fraction of sp³-hybridized carbons (Fsp3) is 0.647. The third-order valence-corrected chi connectivity index (χ3v) is 6.05. The van der Waals surface area contributed by atoms with Gasteiger partial charge in [-0.3, -0.25) is 0 Å². The molecule has 98 valence electrons. The molecule has 2 atom stereocenters. The zero-order valence-electron chi connectivity index (χ0n) is 12.1. The summed E-state index contributed by atoms with van der Waals surface area (Å²) in [5, 5.41) is 0. The molecule has 0 amide bonds. The van der Waals surface area contributed by atoms with Crippen molar-refractivity contribution in [3.05, 3.63) is 35.4 Å². The van der Waals surface area contributed by atoms with Gasteiger partial charge >= 0.3 is 0 Å². The van der Waals surface area contributed by atoms with E-state index in [1.54, 1.807) is 11.1 Å². The van der Waals surface area contributed by atoms with E-state index in [1.165, 1.54) is 12.8 Å². The zero-order chi connectivity index (χ0) is 13.2. The second-order valence-electron chi connectivity index (χ2n) is 7.41. The van der Waals surface area contributed by atoms with E-state index in [2.05, 4.69) is 52.0 Å². The molecule has 0 aliphatic heterocycles. The first kappa shape index (κ1) is 12.2. The van der Waals surface area contributed by atoms with Gasteiger partial charge in [0, 0.05) is 5.41 Å². The van der Waals surface area contributed by atoms with Crippen LogP contribution in [0.5, 0.6) is 0 Å². The van der Waals surface area contributed by atoms with Gasteiger partial charge < -0.3 is 5.73 Å². The third kappa shape index (κ3) is 1.21. The number of rotatable bonds is 1. The van der Waals surface area contributed by atoms with Crippen molar-refractivity contribution in [2.45, 2.75) is 51.4 Å². The van der Waals surface area contributed by atoms with E-state index in [0.29, 0.717) is 22.2 Å². The lowest BCUT2D eigenvalue weighted by atomic mass is 9.65. The van der Waals surface area contributed by atoms with Gasteiger partial charge in [-0.2, -0.15) is 0 Å². The summed E-state index contributed by atoms with van der Waals surface area (Å²) in [4.78, 5) is 0. The number of fused-ring (bicyclic) bond motifs is 2. The van der Waals surface area contributed by atoms with Gasteiger partial charge in [0.1, 0.15) is 0 Å². The van der Waals surface area contributed by atoms with Crippen molar-refractivity contribution in [3.63, 3.8) is 0 Å². The van der Waals surface area contributed by atoms with Crippen LogP contribution in [-0.4, -0.2) is 6.54 Å². The quantitative estimate of drug-likeness (QED) is 0.801. The van der Waals surface area contributed by atoms with Crippen LogP contribution >= 0.6 is 0 Å². The minimum absolute atomic E-state index is 0.319. The van der Waals surface area contributed by atoms with Crippen molar-refractivity contribution in [1.82, 2.24) is 0 Å². The summed E-state index contributed by atoms with van der Waals surface area (Å²) < 4.78 is 0. The van der Waals surface area contributed by atoms with E-state index < -0.39 is 0 Å². The predicted molar refractivity (Wildman–Crippen MR) is 76.7 cm³/mol. The van der Waals surface area contributed by atoms with Gasteiger partial charge in [0.05, 0.1) is 0 Å². The van der Waals surface area contributed by atoms with Crippen molar-refractivity contribution >= 4 is 0 Å². The van der Waals surface area contributed by atoms with Crippen LogP contribution in [0.2, 0.25) is 0 Å². The van der Waals surface area contributed by atoms with E-state index in [1.807, 2.05) is 0 Å². The fourth-order valence-electron chi connectivity index (χ4n) is 4.73. The fourth-order valence-corrected chi connectivity index (χ4v) is 4.73. The molecule has 1 nitrogen and oxygen atoms in total. The van der Waals surface area contributed by atoms with Gasteiger partial charge in [0.25, 0.3) is 0 Å². The molecule has 2 unspecified atom stereocenters. The van der Waals surface area contributed by atoms with Crippen molar-refractivity contribution < 1.29 is 0 Å². The minimum Gasteiger partial charge on any atom is -0.330 e. The molecule has 1 saturated carbocycles. The Morgan fingerprint density at radius 1 is 1.06 bits per heavy atom. The third-order valence-electron chi connectivity index (χ3n) is 6.05. The standard InChI is InChI=1S/C17H25N/c1-15(2)9-10-17(14(11-18)16(17,3)4)13-8-6-5-7-12(13)15/h5-8,14H,9-11,18H2,1-4H3. The van der Waals surface area contributed by atoms with Crippen LogP contribution in [0.3, 0.4) is 0 Å². The molecule has 0 saturated heterocycles. The zero-order valence-corrected chi connectivity index (χ0v) is 12.1. The van der Waals surface area contributed by atoms with Crippen molar-refractivity contribution in [2.24, 2.45) is 17.1 Å². The number of nitrogens with two attached hydrogens (primary N) is 1. The molecule has 1 aromatic rings. The molecule has 0 heterocycles. The number of hydrogen-bond donors (Lipinski definition) is 1. The monoisotopic (exact) mass is 243 g/mol. The summed E-state index contributed by atoms with van der Waals surface area (Å²) in [6.45, 7) is 10.4. The Hall–Kier alpha value is -0.820. The molecule has 0 bridgehead atoms. The molecule has 1 heteroatoms. The normalized spacial score (nSPS) is 35.3. The Kier molecular flexibility index (Phi) is 2.30. The molecule has 3 rings (SSSR count). The molecule has 18 heavy (non-hydrogen) atoms. The Morgan fingerprint density at radius 2 is 1.67 bits per heavy atom. The largest absolute Gasteiger partial charge is 0.330 e. The Bertz CT molecular complexity index is 486. The van der Waals surface area contributed by atoms with Gasteiger partial charge in [-0.05, 0) is 47.3 Å². The maximum absolute atomic E-state index is 6.04. The lowest BCUT2D eigenvalue weighted by Gasteiger charge is -2.39. The molecule has 2 aliphatic carbocycles. The summed E-state index contributed by atoms with van der Waals surface area (Å²) >= 11 is 0. The maximum atomic E-state index is 6.04. The summed E-state index contributed by atoms with van der Waals surface area (Å²) in [6, 6.07) is 9.07. The molecule has 2 N–H and O–H groups in total. The highest BCUT2D eigenvalue weighted by Gasteiger charge is 2.71. The molecule has 0 radical (unpaired) electrons. The summed E-state index contributed by atoms with van der Waals surface area (Å²) in [5.41, 5.74) is 10.2.